The molecule has 0 aliphatic carbocycles. The molecular formula is C16H14ClN3OS. The predicted octanol–water partition coefficient (Wildman–Crippen LogP) is 4.44. The summed E-state index contributed by atoms with van der Waals surface area (Å²) in [5, 5.41) is 2.32. The first-order chi connectivity index (χ1) is 10.8. The van der Waals surface area contributed by atoms with Gasteiger partial charge in [-0.15, -0.1) is 11.3 Å². The summed E-state index contributed by atoms with van der Waals surface area (Å²) in [5.41, 5.74) is 3.36. The van der Waals surface area contributed by atoms with Gasteiger partial charge in [0.15, 0.2) is 5.82 Å². The number of thiophene rings is 1. The van der Waals surface area contributed by atoms with Crippen molar-refractivity contribution in [2.45, 2.75) is 12.8 Å². The minimum absolute atomic E-state index is 0.293. The Morgan fingerprint density at radius 3 is 3.05 bits per heavy atom. The van der Waals surface area contributed by atoms with Crippen molar-refractivity contribution in [2.75, 3.05) is 18.6 Å². The molecule has 0 radical (unpaired) electrons. The maximum absolute atomic E-state index is 6.11. The van der Waals surface area contributed by atoms with Crippen molar-refractivity contribution in [3.05, 3.63) is 40.5 Å². The van der Waals surface area contributed by atoms with Gasteiger partial charge in [-0.3, -0.25) is 0 Å². The number of anilines is 2. The Morgan fingerprint density at radius 2 is 2.18 bits per heavy atom. The summed E-state index contributed by atoms with van der Waals surface area (Å²) >= 11 is 7.76. The van der Waals surface area contributed by atoms with Crippen LogP contribution < -0.4 is 9.64 Å². The zero-order valence-corrected chi connectivity index (χ0v) is 13.6. The van der Waals surface area contributed by atoms with E-state index in [4.69, 9.17) is 16.3 Å². The molecule has 6 heteroatoms. The van der Waals surface area contributed by atoms with Crippen LogP contribution in [-0.2, 0) is 6.42 Å². The molecule has 3 aromatic rings. The third kappa shape index (κ3) is 2.21. The molecule has 0 unspecified atom stereocenters. The van der Waals surface area contributed by atoms with Crippen LogP contribution in [0.1, 0.15) is 12.0 Å². The van der Waals surface area contributed by atoms with Gasteiger partial charge >= 0.3 is 0 Å². The van der Waals surface area contributed by atoms with E-state index in [1.165, 1.54) is 11.3 Å². The lowest BCUT2D eigenvalue weighted by molar-refractivity contribution is 0.414. The summed E-state index contributed by atoms with van der Waals surface area (Å²) in [6.45, 7) is 0.930. The molecule has 1 aliphatic heterocycles. The van der Waals surface area contributed by atoms with Crippen molar-refractivity contribution in [3.8, 4) is 5.75 Å². The number of benzene rings is 1. The first-order valence-corrected chi connectivity index (χ1v) is 8.37. The van der Waals surface area contributed by atoms with Crippen LogP contribution in [0.4, 0.5) is 11.5 Å². The Bertz CT molecular complexity index is 849. The van der Waals surface area contributed by atoms with Crippen LogP contribution >= 0.6 is 22.9 Å². The summed E-state index contributed by atoms with van der Waals surface area (Å²) in [4.78, 5) is 11.0. The molecule has 112 valence electrons. The largest absolute Gasteiger partial charge is 0.497 e. The van der Waals surface area contributed by atoms with Crippen molar-refractivity contribution in [1.29, 1.82) is 0 Å². The Morgan fingerprint density at radius 1 is 1.27 bits per heavy atom. The molecule has 4 rings (SSSR count). The highest BCUT2D eigenvalue weighted by Gasteiger charge is 2.23. The number of hydrogen-bond donors (Lipinski definition) is 0. The predicted molar refractivity (Wildman–Crippen MR) is 90.7 cm³/mol. The Kier molecular flexibility index (Phi) is 3.39. The fraction of sp³-hybridized carbons (Fsp3) is 0.250. The lowest BCUT2D eigenvalue weighted by Gasteiger charge is -2.31. The maximum atomic E-state index is 6.11. The van der Waals surface area contributed by atoms with Crippen molar-refractivity contribution in [1.82, 2.24) is 9.97 Å². The summed E-state index contributed by atoms with van der Waals surface area (Å²) < 4.78 is 6.41. The van der Waals surface area contributed by atoms with E-state index in [9.17, 15) is 0 Å². The van der Waals surface area contributed by atoms with Crippen LogP contribution in [0.25, 0.3) is 10.2 Å². The number of nitrogens with zero attached hydrogens (tertiary/aromatic N) is 3. The highest BCUT2D eigenvalue weighted by molar-refractivity contribution is 7.17. The fourth-order valence-electron chi connectivity index (χ4n) is 2.92. The minimum atomic E-state index is 0.293. The van der Waals surface area contributed by atoms with Gasteiger partial charge in [-0.25, -0.2) is 4.98 Å². The van der Waals surface area contributed by atoms with Gasteiger partial charge in [-0.1, -0.05) is 0 Å². The number of ether oxygens (including phenoxy) is 1. The minimum Gasteiger partial charge on any atom is -0.497 e. The second-order valence-corrected chi connectivity index (χ2v) is 6.46. The van der Waals surface area contributed by atoms with Gasteiger partial charge in [0.1, 0.15) is 5.75 Å². The zero-order valence-electron chi connectivity index (χ0n) is 12.0. The SMILES string of the molecule is COc1ccc2c(c1)CCCN2c1nc(Cl)nc2ccsc12. The van der Waals surface area contributed by atoms with Crippen LogP contribution in [0.5, 0.6) is 5.75 Å². The molecule has 1 aliphatic rings. The molecule has 0 amide bonds. The van der Waals surface area contributed by atoms with Gasteiger partial charge in [-0.2, -0.15) is 4.98 Å². The van der Waals surface area contributed by atoms with Gasteiger partial charge in [-0.05, 0) is 59.7 Å². The van der Waals surface area contributed by atoms with E-state index < -0.39 is 0 Å². The van der Waals surface area contributed by atoms with E-state index in [2.05, 4.69) is 27.0 Å². The first kappa shape index (κ1) is 13.8. The van der Waals surface area contributed by atoms with Gasteiger partial charge in [0.05, 0.1) is 17.3 Å². The zero-order chi connectivity index (χ0) is 15.1. The van der Waals surface area contributed by atoms with Crippen molar-refractivity contribution >= 4 is 44.7 Å². The van der Waals surface area contributed by atoms with E-state index in [0.29, 0.717) is 5.28 Å². The Hall–Kier alpha value is -1.85. The monoisotopic (exact) mass is 331 g/mol. The van der Waals surface area contributed by atoms with Crippen molar-refractivity contribution in [2.24, 2.45) is 0 Å². The lowest BCUT2D eigenvalue weighted by Crippen LogP contribution is -2.25. The molecule has 4 nitrogen and oxygen atoms in total. The van der Waals surface area contributed by atoms with Crippen LogP contribution in [0.2, 0.25) is 5.28 Å². The molecular weight excluding hydrogens is 318 g/mol. The number of rotatable bonds is 2. The van der Waals surface area contributed by atoms with E-state index in [1.807, 2.05) is 17.5 Å². The fourth-order valence-corrected chi connectivity index (χ4v) is 3.92. The lowest BCUT2D eigenvalue weighted by atomic mass is 10.0. The molecule has 3 heterocycles. The quantitative estimate of drug-likeness (QED) is 0.651. The highest BCUT2D eigenvalue weighted by atomic mass is 35.5. The van der Waals surface area contributed by atoms with E-state index in [1.54, 1.807) is 18.4 Å². The number of halogens is 1. The highest BCUT2D eigenvalue weighted by Crippen LogP contribution is 2.39. The molecule has 22 heavy (non-hydrogen) atoms. The molecule has 0 spiro atoms. The average molecular weight is 332 g/mol. The second kappa shape index (κ2) is 5.41. The molecule has 1 aromatic carbocycles. The Balaban J connectivity index is 1.88. The van der Waals surface area contributed by atoms with Crippen LogP contribution in [0.15, 0.2) is 29.6 Å². The van der Waals surface area contributed by atoms with E-state index in [0.717, 1.165) is 41.2 Å². The van der Waals surface area contributed by atoms with Crippen LogP contribution in [0.3, 0.4) is 0 Å². The standard InChI is InChI=1S/C16H14ClN3OS/c1-21-11-4-5-13-10(9-11)3-2-7-20(13)15-14-12(6-8-22-14)18-16(17)19-15/h4-6,8-9H,2-3,7H2,1H3. The topological polar surface area (TPSA) is 38.2 Å². The van der Waals surface area contributed by atoms with Gasteiger partial charge < -0.3 is 9.64 Å². The van der Waals surface area contributed by atoms with E-state index >= 15 is 0 Å². The molecule has 2 aromatic heterocycles. The Labute approximate surface area is 137 Å². The smallest absolute Gasteiger partial charge is 0.224 e. The molecule has 0 saturated carbocycles. The second-order valence-electron chi connectivity index (χ2n) is 5.20. The van der Waals surface area contributed by atoms with Gasteiger partial charge in [0, 0.05) is 12.2 Å². The number of hydrogen-bond acceptors (Lipinski definition) is 5. The van der Waals surface area contributed by atoms with Crippen molar-refractivity contribution < 1.29 is 4.74 Å². The number of aryl methyl sites for hydroxylation is 1. The van der Waals surface area contributed by atoms with Crippen LogP contribution in [0, 0.1) is 0 Å². The third-order valence-corrected chi connectivity index (χ3v) is 4.99. The maximum Gasteiger partial charge on any atom is 0.224 e. The summed E-state index contributed by atoms with van der Waals surface area (Å²) in [6, 6.07) is 8.18. The number of aromatic nitrogens is 2. The first-order valence-electron chi connectivity index (χ1n) is 7.11. The summed E-state index contributed by atoms with van der Waals surface area (Å²) in [5.74, 6) is 1.79. The number of fused-ring (bicyclic) bond motifs is 2. The molecule has 0 saturated heterocycles. The van der Waals surface area contributed by atoms with Gasteiger partial charge in [0.25, 0.3) is 0 Å². The van der Waals surface area contributed by atoms with E-state index in [-0.39, 0.29) is 0 Å². The van der Waals surface area contributed by atoms with Crippen LogP contribution in [-0.4, -0.2) is 23.6 Å². The number of methoxy groups -OCH3 is 1. The van der Waals surface area contributed by atoms with Gasteiger partial charge in [0.2, 0.25) is 5.28 Å². The summed E-state index contributed by atoms with van der Waals surface area (Å²) in [7, 11) is 1.70. The summed E-state index contributed by atoms with van der Waals surface area (Å²) in [6.07, 6.45) is 2.13. The normalized spacial score (nSPS) is 14.2. The average Bonchev–Trinajstić information content (AvgIpc) is 3.01. The molecule has 0 N–H and O–H groups in total. The molecule has 0 atom stereocenters. The van der Waals surface area contributed by atoms with Crippen molar-refractivity contribution in [3.63, 3.8) is 0 Å². The molecule has 0 fully saturated rings. The third-order valence-electron chi connectivity index (χ3n) is 3.92. The molecule has 0 bridgehead atoms.